The van der Waals surface area contributed by atoms with Crippen molar-refractivity contribution in [1.82, 2.24) is 5.32 Å². The van der Waals surface area contributed by atoms with Crippen molar-refractivity contribution in [3.05, 3.63) is 94.5 Å². The molecule has 24 heavy (non-hydrogen) atoms. The number of hydrogen-bond donors (Lipinski definition) is 1. The first-order chi connectivity index (χ1) is 11.8. The van der Waals surface area contributed by atoms with Gasteiger partial charge in [0.15, 0.2) is 0 Å². The topological polar surface area (TPSA) is 12.0 Å². The van der Waals surface area contributed by atoms with Gasteiger partial charge in [-0.2, -0.15) is 0 Å². The first kappa shape index (κ1) is 15.8. The largest absolute Gasteiger partial charge is 0.306 e. The summed E-state index contributed by atoms with van der Waals surface area (Å²) in [5, 5.41) is 4.55. The second-order valence-electron chi connectivity index (χ2n) is 6.02. The van der Waals surface area contributed by atoms with Crippen molar-refractivity contribution >= 4 is 23.4 Å². The normalized spacial score (nSPS) is 16.1. The Hall–Kier alpha value is -1.74. The first-order valence-electron chi connectivity index (χ1n) is 8.12. The summed E-state index contributed by atoms with van der Waals surface area (Å²) in [4.78, 5) is 2.62. The van der Waals surface area contributed by atoms with Gasteiger partial charge in [0.1, 0.15) is 0 Å². The Bertz CT molecular complexity index is 847. The Morgan fingerprint density at radius 1 is 0.917 bits per heavy atom. The fourth-order valence-electron chi connectivity index (χ4n) is 3.14. The molecule has 1 aliphatic heterocycles. The maximum Gasteiger partial charge on any atom is 0.0409 e. The summed E-state index contributed by atoms with van der Waals surface area (Å²) >= 11 is 8.07. The minimum absolute atomic E-state index is 0.286. The smallest absolute Gasteiger partial charge is 0.0409 e. The standard InChI is InChI=1S/C21H18ClNS/c22-17-10-11-20-16(12-17)13-19(18-8-4-5-9-21(18)24-20)23-14-15-6-2-1-3-7-15/h1-12,19,23H,13-14H2/t19-/m0/s1. The van der Waals surface area contributed by atoms with Crippen LogP contribution in [0.2, 0.25) is 5.02 Å². The molecule has 3 aromatic rings. The highest BCUT2D eigenvalue weighted by Crippen LogP contribution is 2.41. The van der Waals surface area contributed by atoms with Crippen LogP contribution < -0.4 is 5.32 Å². The summed E-state index contributed by atoms with van der Waals surface area (Å²) in [6.07, 6.45) is 0.951. The Balaban J connectivity index is 1.66. The average Bonchev–Trinajstić information content (AvgIpc) is 2.77. The van der Waals surface area contributed by atoms with Crippen LogP contribution in [0.15, 0.2) is 82.6 Å². The number of hydrogen-bond acceptors (Lipinski definition) is 2. The highest BCUT2D eigenvalue weighted by atomic mass is 35.5. The maximum atomic E-state index is 6.23. The third kappa shape index (κ3) is 3.36. The van der Waals surface area contributed by atoms with E-state index in [1.165, 1.54) is 26.5 Å². The van der Waals surface area contributed by atoms with Crippen molar-refractivity contribution in [3.8, 4) is 0 Å². The minimum atomic E-state index is 0.286. The molecule has 1 heterocycles. The van der Waals surface area contributed by atoms with E-state index in [0.29, 0.717) is 0 Å². The van der Waals surface area contributed by atoms with E-state index < -0.39 is 0 Å². The number of fused-ring (bicyclic) bond motifs is 2. The lowest BCUT2D eigenvalue weighted by Gasteiger charge is -2.19. The molecule has 1 N–H and O–H groups in total. The Labute approximate surface area is 152 Å². The van der Waals surface area contributed by atoms with E-state index >= 15 is 0 Å². The molecular formula is C21H18ClNS. The summed E-state index contributed by atoms with van der Waals surface area (Å²) in [5.74, 6) is 0. The summed E-state index contributed by atoms with van der Waals surface area (Å²) in [6, 6.07) is 25.7. The van der Waals surface area contributed by atoms with Crippen LogP contribution in [0.25, 0.3) is 0 Å². The molecule has 0 amide bonds. The molecule has 0 aromatic heterocycles. The van der Waals surface area contributed by atoms with Gasteiger partial charge in [0.2, 0.25) is 0 Å². The average molecular weight is 352 g/mol. The molecule has 3 heteroatoms. The van der Waals surface area contributed by atoms with Crippen molar-refractivity contribution in [2.45, 2.75) is 28.8 Å². The molecule has 0 saturated heterocycles. The van der Waals surface area contributed by atoms with Crippen LogP contribution >= 0.6 is 23.4 Å². The van der Waals surface area contributed by atoms with E-state index in [1.807, 2.05) is 17.8 Å². The zero-order chi connectivity index (χ0) is 16.4. The van der Waals surface area contributed by atoms with E-state index in [4.69, 9.17) is 11.6 Å². The zero-order valence-corrected chi connectivity index (χ0v) is 14.8. The molecule has 1 nitrogen and oxygen atoms in total. The summed E-state index contributed by atoms with van der Waals surface area (Å²) in [7, 11) is 0. The predicted molar refractivity (Wildman–Crippen MR) is 102 cm³/mol. The third-order valence-electron chi connectivity index (χ3n) is 4.36. The Morgan fingerprint density at radius 3 is 2.58 bits per heavy atom. The van der Waals surface area contributed by atoms with Gasteiger partial charge in [-0.3, -0.25) is 0 Å². The van der Waals surface area contributed by atoms with Gasteiger partial charge in [-0.15, -0.1) is 0 Å². The fourth-order valence-corrected chi connectivity index (χ4v) is 4.45. The Morgan fingerprint density at radius 2 is 1.71 bits per heavy atom. The molecule has 4 rings (SSSR count). The van der Waals surface area contributed by atoms with Crippen molar-refractivity contribution in [3.63, 3.8) is 0 Å². The van der Waals surface area contributed by atoms with Crippen LogP contribution in [0, 0.1) is 0 Å². The summed E-state index contributed by atoms with van der Waals surface area (Å²) in [6.45, 7) is 0.862. The van der Waals surface area contributed by atoms with Crippen molar-refractivity contribution in [2.24, 2.45) is 0 Å². The number of rotatable bonds is 3. The third-order valence-corrected chi connectivity index (χ3v) is 5.80. The SMILES string of the molecule is Clc1ccc2c(c1)C[C@H](NCc1ccccc1)c1ccccc1S2. The fraction of sp³-hybridized carbons (Fsp3) is 0.143. The van der Waals surface area contributed by atoms with Crippen molar-refractivity contribution in [2.75, 3.05) is 0 Å². The second-order valence-corrected chi connectivity index (χ2v) is 7.54. The molecule has 0 unspecified atom stereocenters. The molecular weight excluding hydrogens is 334 g/mol. The molecule has 1 atom stereocenters. The minimum Gasteiger partial charge on any atom is -0.306 e. The molecule has 120 valence electrons. The molecule has 0 fully saturated rings. The molecule has 0 aliphatic carbocycles. The van der Waals surface area contributed by atoms with Crippen molar-refractivity contribution < 1.29 is 0 Å². The van der Waals surface area contributed by atoms with Gasteiger partial charge in [-0.1, -0.05) is 71.9 Å². The van der Waals surface area contributed by atoms with Crippen LogP contribution in [-0.4, -0.2) is 0 Å². The van der Waals surface area contributed by atoms with Gasteiger partial charge in [0.25, 0.3) is 0 Å². The monoisotopic (exact) mass is 351 g/mol. The molecule has 0 radical (unpaired) electrons. The highest BCUT2D eigenvalue weighted by molar-refractivity contribution is 7.99. The molecule has 1 aliphatic rings. The highest BCUT2D eigenvalue weighted by Gasteiger charge is 2.22. The molecule has 0 spiro atoms. The van der Waals surface area contributed by atoms with Crippen LogP contribution in [0.4, 0.5) is 0 Å². The van der Waals surface area contributed by atoms with E-state index in [9.17, 15) is 0 Å². The molecule has 0 saturated carbocycles. The quantitative estimate of drug-likeness (QED) is 0.632. The van der Waals surface area contributed by atoms with Crippen LogP contribution in [0.1, 0.15) is 22.7 Å². The van der Waals surface area contributed by atoms with E-state index in [0.717, 1.165) is 18.0 Å². The Kier molecular flexibility index (Phi) is 4.61. The van der Waals surface area contributed by atoms with Gasteiger partial charge in [-0.05, 0) is 47.4 Å². The van der Waals surface area contributed by atoms with Gasteiger partial charge < -0.3 is 5.32 Å². The lowest BCUT2D eigenvalue weighted by atomic mass is 9.98. The van der Waals surface area contributed by atoms with E-state index in [-0.39, 0.29) is 6.04 Å². The van der Waals surface area contributed by atoms with Crippen LogP contribution in [0.3, 0.4) is 0 Å². The van der Waals surface area contributed by atoms with Gasteiger partial charge in [0, 0.05) is 27.4 Å². The van der Waals surface area contributed by atoms with Crippen molar-refractivity contribution in [1.29, 1.82) is 0 Å². The predicted octanol–water partition coefficient (Wildman–Crippen LogP) is 5.88. The second kappa shape index (κ2) is 7.02. The zero-order valence-electron chi connectivity index (χ0n) is 13.2. The molecule has 3 aromatic carbocycles. The first-order valence-corrected chi connectivity index (χ1v) is 9.31. The van der Waals surface area contributed by atoms with Gasteiger partial charge in [0.05, 0.1) is 0 Å². The number of halogens is 1. The summed E-state index contributed by atoms with van der Waals surface area (Å²) < 4.78 is 0. The molecule has 0 bridgehead atoms. The van der Waals surface area contributed by atoms with E-state index in [2.05, 4.69) is 72.0 Å². The lowest BCUT2D eigenvalue weighted by molar-refractivity contribution is 0.523. The number of nitrogens with one attached hydrogen (secondary N) is 1. The van der Waals surface area contributed by atoms with E-state index in [1.54, 1.807) is 0 Å². The summed E-state index contributed by atoms with van der Waals surface area (Å²) in [5.41, 5.74) is 3.98. The van der Waals surface area contributed by atoms with Gasteiger partial charge in [-0.25, -0.2) is 0 Å². The maximum absolute atomic E-state index is 6.23. The number of benzene rings is 3. The lowest BCUT2D eigenvalue weighted by Crippen LogP contribution is -2.23. The van der Waals surface area contributed by atoms with Crippen LogP contribution in [-0.2, 0) is 13.0 Å². The van der Waals surface area contributed by atoms with Gasteiger partial charge >= 0.3 is 0 Å². The van der Waals surface area contributed by atoms with Crippen LogP contribution in [0.5, 0.6) is 0 Å².